The summed E-state index contributed by atoms with van der Waals surface area (Å²) >= 11 is 0. The van der Waals surface area contributed by atoms with Gasteiger partial charge in [0.15, 0.2) is 0 Å². The fraction of sp³-hybridized carbons (Fsp3) is 0.333. The summed E-state index contributed by atoms with van der Waals surface area (Å²) in [6.45, 7) is 3.18. The Kier molecular flexibility index (Phi) is 3.86. The standard InChI is InChI=1S/C18H21NO/c1-14(15-9-5-2-3-6-10-15)19-13-17(19)18(20)16-11-7-4-8-12-16/h2,4-12,14,17-18,20H,3,13H2,1H3. The minimum Gasteiger partial charge on any atom is -0.387 e. The molecule has 3 rings (SSSR count). The lowest BCUT2D eigenvalue weighted by molar-refractivity contribution is 0.154. The molecular weight excluding hydrogens is 246 g/mol. The first-order valence-corrected chi connectivity index (χ1v) is 7.29. The molecule has 0 spiro atoms. The van der Waals surface area contributed by atoms with Gasteiger partial charge < -0.3 is 5.11 Å². The highest BCUT2D eigenvalue weighted by atomic mass is 16.3. The van der Waals surface area contributed by atoms with Crippen LogP contribution in [-0.2, 0) is 0 Å². The summed E-state index contributed by atoms with van der Waals surface area (Å²) in [6, 6.07) is 10.5. The molecule has 1 fully saturated rings. The third-order valence-electron chi connectivity index (χ3n) is 4.18. The third-order valence-corrected chi connectivity index (χ3v) is 4.18. The van der Waals surface area contributed by atoms with Gasteiger partial charge in [0, 0.05) is 12.6 Å². The van der Waals surface area contributed by atoms with Gasteiger partial charge in [0.2, 0.25) is 0 Å². The Labute approximate surface area is 120 Å². The molecule has 1 N–H and O–H groups in total. The molecule has 0 aromatic heterocycles. The molecule has 2 aliphatic rings. The topological polar surface area (TPSA) is 23.2 Å². The number of hydrogen-bond acceptors (Lipinski definition) is 2. The first-order valence-electron chi connectivity index (χ1n) is 7.29. The van der Waals surface area contributed by atoms with Crippen molar-refractivity contribution in [3.63, 3.8) is 0 Å². The van der Waals surface area contributed by atoms with Crippen LogP contribution in [0.1, 0.15) is 25.0 Å². The van der Waals surface area contributed by atoms with Crippen LogP contribution in [0.15, 0.2) is 66.3 Å². The van der Waals surface area contributed by atoms with Crippen molar-refractivity contribution in [2.45, 2.75) is 31.5 Å². The number of nitrogens with zero attached hydrogens (tertiary/aromatic N) is 1. The third kappa shape index (κ3) is 2.77. The zero-order valence-electron chi connectivity index (χ0n) is 11.8. The maximum atomic E-state index is 10.4. The molecule has 0 bridgehead atoms. The Morgan fingerprint density at radius 2 is 2.00 bits per heavy atom. The van der Waals surface area contributed by atoms with Crippen LogP contribution in [-0.4, -0.2) is 28.6 Å². The van der Waals surface area contributed by atoms with Crippen LogP contribution in [0, 0.1) is 0 Å². The van der Waals surface area contributed by atoms with Gasteiger partial charge in [-0.05, 0) is 24.5 Å². The van der Waals surface area contributed by atoms with Crippen molar-refractivity contribution in [2.24, 2.45) is 0 Å². The van der Waals surface area contributed by atoms with Gasteiger partial charge in [-0.1, -0.05) is 60.7 Å². The fourth-order valence-corrected chi connectivity index (χ4v) is 2.83. The van der Waals surface area contributed by atoms with Crippen molar-refractivity contribution >= 4 is 0 Å². The van der Waals surface area contributed by atoms with E-state index >= 15 is 0 Å². The zero-order valence-corrected chi connectivity index (χ0v) is 11.8. The van der Waals surface area contributed by atoms with Gasteiger partial charge in [0.05, 0.1) is 12.1 Å². The summed E-state index contributed by atoms with van der Waals surface area (Å²) in [7, 11) is 0. The smallest absolute Gasteiger partial charge is 0.0957 e. The first-order chi connectivity index (χ1) is 9.77. The van der Waals surface area contributed by atoms with Crippen LogP contribution in [0.2, 0.25) is 0 Å². The Hall–Kier alpha value is -1.64. The number of hydrogen-bond donors (Lipinski definition) is 1. The largest absolute Gasteiger partial charge is 0.387 e. The van der Waals surface area contributed by atoms with Crippen molar-refractivity contribution in [2.75, 3.05) is 6.54 Å². The van der Waals surface area contributed by atoms with Crippen molar-refractivity contribution in [1.29, 1.82) is 0 Å². The van der Waals surface area contributed by atoms with Crippen LogP contribution in [0.4, 0.5) is 0 Å². The molecule has 1 aliphatic carbocycles. The van der Waals surface area contributed by atoms with E-state index < -0.39 is 0 Å². The van der Waals surface area contributed by atoms with Crippen LogP contribution in [0.25, 0.3) is 0 Å². The van der Waals surface area contributed by atoms with Crippen LogP contribution >= 0.6 is 0 Å². The highest BCUT2D eigenvalue weighted by Gasteiger charge is 2.43. The molecule has 1 heterocycles. The first kappa shape index (κ1) is 13.3. The molecule has 0 amide bonds. The molecule has 1 aliphatic heterocycles. The summed E-state index contributed by atoms with van der Waals surface area (Å²) < 4.78 is 0. The second kappa shape index (κ2) is 5.78. The van der Waals surface area contributed by atoms with Gasteiger partial charge in [-0.2, -0.15) is 0 Å². The molecule has 1 saturated heterocycles. The second-order valence-electron chi connectivity index (χ2n) is 5.53. The normalized spacial score (nSPS) is 27.6. The Morgan fingerprint density at radius 1 is 1.20 bits per heavy atom. The molecule has 4 atom stereocenters. The summed E-state index contributed by atoms with van der Waals surface area (Å²) in [5.74, 6) is 0. The van der Waals surface area contributed by atoms with Crippen molar-refractivity contribution < 1.29 is 5.11 Å². The minimum absolute atomic E-state index is 0.244. The number of aliphatic hydroxyl groups is 1. The van der Waals surface area contributed by atoms with E-state index in [9.17, 15) is 5.11 Å². The molecule has 2 heteroatoms. The molecule has 4 unspecified atom stereocenters. The summed E-state index contributed by atoms with van der Waals surface area (Å²) in [4.78, 5) is 2.35. The minimum atomic E-state index is -0.385. The molecule has 104 valence electrons. The van der Waals surface area contributed by atoms with E-state index in [1.54, 1.807) is 0 Å². The van der Waals surface area contributed by atoms with Gasteiger partial charge in [-0.3, -0.25) is 4.90 Å². The predicted octanol–water partition coefficient (Wildman–Crippen LogP) is 3.24. The van der Waals surface area contributed by atoms with E-state index in [-0.39, 0.29) is 12.1 Å². The summed E-state index contributed by atoms with van der Waals surface area (Å²) in [5, 5.41) is 10.4. The monoisotopic (exact) mass is 267 g/mol. The molecule has 0 saturated carbocycles. The summed E-state index contributed by atoms with van der Waals surface area (Å²) in [5.41, 5.74) is 2.33. The SMILES string of the molecule is CC(C1=CC=CCC=C1)N1CC1C(O)c1ccccc1. The van der Waals surface area contributed by atoms with Crippen LogP contribution < -0.4 is 0 Å². The lowest BCUT2D eigenvalue weighted by Crippen LogP contribution is -2.21. The van der Waals surface area contributed by atoms with Crippen molar-refractivity contribution in [1.82, 2.24) is 4.90 Å². The van der Waals surface area contributed by atoms with Gasteiger partial charge in [-0.25, -0.2) is 0 Å². The Bertz CT molecular complexity index is 544. The quantitative estimate of drug-likeness (QED) is 0.847. The van der Waals surface area contributed by atoms with Crippen LogP contribution in [0.3, 0.4) is 0 Å². The molecule has 2 nitrogen and oxygen atoms in total. The van der Waals surface area contributed by atoms with E-state index in [4.69, 9.17) is 0 Å². The van der Waals surface area contributed by atoms with E-state index in [1.807, 2.05) is 30.3 Å². The second-order valence-corrected chi connectivity index (χ2v) is 5.53. The highest BCUT2D eigenvalue weighted by Crippen LogP contribution is 2.35. The number of allylic oxidation sites excluding steroid dienone is 4. The molecule has 1 aromatic rings. The maximum Gasteiger partial charge on any atom is 0.0957 e. The van der Waals surface area contributed by atoms with Crippen LogP contribution in [0.5, 0.6) is 0 Å². The summed E-state index contributed by atoms with van der Waals surface area (Å²) in [6.07, 6.45) is 11.5. The molecule has 20 heavy (non-hydrogen) atoms. The Balaban J connectivity index is 1.67. The molecular formula is C18H21NO. The number of rotatable bonds is 4. The number of benzene rings is 1. The fourth-order valence-electron chi connectivity index (χ4n) is 2.83. The van der Waals surface area contributed by atoms with Crippen molar-refractivity contribution in [3.8, 4) is 0 Å². The van der Waals surface area contributed by atoms with Gasteiger partial charge in [-0.15, -0.1) is 0 Å². The zero-order chi connectivity index (χ0) is 13.9. The van der Waals surface area contributed by atoms with Gasteiger partial charge in [0.25, 0.3) is 0 Å². The average Bonchev–Trinajstić information content (AvgIpc) is 3.30. The lowest BCUT2D eigenvalue weighted by Gasteiger charge is -2.18. The van der Waals surface area contributed by atoms with E-state index in [1.165, 1.54) is 5.57 Å². The van der Waals surface area contributed by atoms with Gasteiger partial charge >= 0.3 is 0 Å². The number of aliphatic hydroxyl groups excluding tert-OH is 1. The molecule has 0 radical (unpaired) electrons. The predicted molar refractivity (Wildman–Crippen MR) is 82.3 cm³/mol. The highest BCUT2D eigenvalue weighted by molar-refractivity contribution is 5.33. The van der Waals surface area contributed by atoms with Crippen molar-refractivity contribution in [3.05, 3.63) is 71.8 Å². The lowest BCUT2D eigenvalue weighted by atomic mass is 10.1. The molecule has 1 aromatic carbocycles. The van der Waals surface area contributed by atoms with E-state index in [2.05, 4.69) is 42.2 Å². The van der Waals surface area contributed by atoms with Gasteiger partial charge in [0.1, 0.15) is 0 Å². The maximum absolute atomic E-state index is 10.4. The Morgan fingerprint density at radius 3 is 2.80 bits per heavy atom. The van der Waals surface area contributed by atoms with E-state index in [0.717, 1.165) is 18.5 Å². The van der Waals surface area contributed by atoms with E-state index in [0.29, 0.717) is 6.04 Å². The average molecular weight is 267 g/mol.